The van der Waals surface area contributed by atoms with E-state index in [1.807, 2.05) is 0 Å². The second-order valence-electron chi connectivity index (χ2n) is 4.27. The quantitative estimate of drug-likeness (QED) is 0.828. The van der Waals surface area contributed by atoms with Crippen LogP contribution in [0.5, 0.6) is 5.75 Å². The van der Waals surface area contributed by atoms with Crippen molar-refractivity contribution in [2.24, 2.45) is 0 Å². The SMILES string of the molecule is [2H]C(CC(=O)c1ncc(-c2cccc(Cl)c2)cc1O)C(=O)O. The van der Waals surface area contributed by atoms with Crippen LogP contribution >= 0.6 is 11.6 Å². The topological polar surface area (TPSA) is 87.5 Å². The van der Waals surface area contributed by atoms with E-state index in [4.69, 9.17) is 18.1 Å². The van der Waals surface area contributed by atoms with Gasteiger partial charge >= 0.3 is 5.97 Å². The highest BCUT2D eigenvalue weighted by molar-refractivity contribution is 6.30. The molecular formula is C15H12ClNO4. The lowest BCUT2D eigenvalue weighted by atomic mass is 10.1. The molecule has 1 unspecified atom stereocenters. The molecule has 0 amide bonds. The number of carbonyl (C=O) groups excluding carboxylic acids is 1. The number of hydrogen-bond donors (Lipinski definition) is 2. The van der Waals surface area contributed by atoms with Gasteiger partial charge in [0.15, 0.2) is 5.78 Å². The number of benzene rings is 1. The number of pyridine rings is 1. The number of aromatic hydroxyl groups is 1. The van der Waals surface area contributed by atoms with Gasteiger partial charge in [0.1, 0.15) is 11.4 Å². The first-order valence-electron chi connectivity index (χ1n) is 6.59. The van der Waals surface area contributed by atoms with Crippen molar-refractivity contribution in [2.75, 3.05) is 0 Å². The molecule has 0 spiro atoms. The Kier molecular flexibility index (Phi) is 4.12. The van der Waals surface area contributed by atoms with E-state index in [1.165, 1.54) is 12.3 Å². The van der Waals surface area contributed by atoms with Crippen LogP contribution in [-0.4, -0.2) is 26.9 Å². The van der Waals surface area contributed by atoms with Crippen LogP contribution in [-0.2, 0) is 4.79 Å². The molecular weight excluding hydrogens is 294 g/mol. The molecule has 0 aliphatic rings. The smallest absolute Gasteiger partial charge is 0.303 e. The van der Waals surface area contributed by atoms with E-state index in [1.54, 1.807) is 24.3 Å². The summed E-state index contributed by atoms with van der Waals surface area (Å²) in [4.78, 5) is 26.3. The standard InChI is InChI=1S/C15H12ClNO4/c16-11-3-1-2-9(6-11)10-7-13(19)15(17-8-10)12(18)4-5-14(20)21/h1-3,6-8,19H,4-5H2,(H,20,21)/i5D. The largest absolute Gasteiger partial charge is 0.506 e. The molecule has 5 nitrogen and oxygen atoms in total. The molecule has 21 heavy (non-hydrogen) atoms. The van der Waals surface area contributed by atoms with Crippen molar-refractivity contribution in [1.82, 2.24) is 4.98 Å². The van der Waals surface area contributed by atoms with Gasteiger partial charge in [-0.15, -0.1) is 0 Å². The van der Waals surface area contributed by atoms with Crippen LogP contribution in [0.2, 0.25) is 5.02 Å². The molecule has 0 radical (unpaired) electrons. The van der Waals surface area contributed by atoms with Crippen LogP contribution in [0, 0.1) is 0 Å². The molecule has 0 saturated heterocycles. The first-order chi connectivity index (χ1) is 10.4. The van der Waals surface area contributed by atoms with E-state index in [0.717, 1.165) is 5.56 Å². The predicted molar refractivity (Wildman–Crippen MR) is 77.5 cm³/mol. The van der Waals surface area contributed by atoms with Gasteiger partial charge in [0.05, 0.1) is 6.40 Å². The molecule has 2 aromatic rings. The van der Waals surface area contributed by atoms with Crippen molar-refractivity contribution in [3.63, 3.8) is 0 Å². The normalized spacial score (nSPS) is 12.5. The van der Waals surface area contributed by atoms with Crippen LogP contribution in [0.1, 0.15) is 24.7 Å². The summed E-state index contributed by atoms with van der Waals surface area (Å²) in [6.45, 7) is 0. The lowest BCUT2D eigenvalue weighted by molar-refractivity contribution is -0.136. The fourth-order valence-corrected chi connectivity index (χ4v) is 1.96. The summed E-state index contributed by atoms with van der Waals surface area (Å²) >= 11 is 5.89. The van der Waals surface area contributed by atoms with Crippen LogP contribution in [0.25, 0.3) is 11.1 Å². The number of hydrogen-bond acceptors (Lipinski definition) is 4. The molecule has 1 heterocycles. The first-order valence-corrected chi connectivity index (χ1v) is 6.39. The molecule has 2 N–H and O–H groups in total. The summed E-state index contributed by atoms with van der Waals surface area (Å²) < 4.78 is 7.23. The Labute approximate surface area is 127 Å². The van der Waals surface area contributed by atoms with E-state index in [0.29, 0.717) is 10.6 Å². The van der Waals surface area contributed by atoms with Crippen molar-refractivity contribution >= 4 is 23.4 Å². The Morgan fingerprint density at radius 1 is 1.29 bits per heavy atom. The van der Waals surface area contributed by atoms with Gasteiger partial charge in [-0.3, -0.25) is 9.59 Å². The minimum atomic E-state index is -1.58. The second-order valence-corrected chi connectivity index (χ2v) is 4.71. The fourth-order valence-electron chi connectivity index (χ4n) is 1.77. The molecule has 0 aliphatic carbocycles. The van der Waals surface area contributed by atoms with Crippen molar-refractivity contribution in [1.29, 1.82) is 0 Å². The van der Waals surface area contributed by atoms with Crippen molar-refractivity contribution in [2.45, 2.75) is 12.8 Å². The van der Waals surface area contributed by atoms with Gasteiger partial charge in [-0.05, 0) is 23.8 Å². The van der Waals surface area contributed by atoms with E-state index < -0.39 is 24.6 Å². The zero-order valence-electron chi connectivity index (χ0n) is 11.8. The maximum Gasteiger partial charge on any atom is 0.303 e. The minimum Gasteiger partial charge on any atom is -0.506 e. The molecule has 108 valence electrons. The van der Waals surface area contributed by atoms with Crippen LogP contribution in [0.4, 0.5) is 0 Å². The third kappa shape index (κ3) is 3.79. The van der Waals surface area contributed by atoms with E-state index >= 15 is 0 Å². The molecule has 1 aromatic carbocycles. The molecule has 0 bridgehead atoms. The second kappa shape index (κ2) is 6.37. The lowest BCUT2D eigenvalue weighted by Crippen LogP contribution is -2.06. The highest BCUT2D eigenvalue weighted by atomic mass is 35.5. The zero-order valence-corrected chi connectivity index (χ0v) is 11.5. The highest BCUT2D eigenvalue weighted by Crippen LogP contribution is 2.27. The van der Waals surface area contributed by atoms with Gasteiger partial charge in [0, 0.05) is 24.6 Å². The van der Waals surface area contributed by atoms with Crippen LogP contribution in [0.15, 0.2) is 36.5 Å². The Bertz CT molecular complexity index is 735. The van der Waals surface area contributed by atoms with Crippen molar-refractivity contribution in [3.05, 3.63) is 47.2 Å². The van der Waals surface area contributed by atoms with Gasteiger partial charge in [0.25, 0.3) is 0 Å². The number of halogens is 1. The molecule has 6 heteroatoms. The number of carboxylic acids is 1. The minimum absolute atomic E-state index is 0.246. The molecule has 2 rings (SSSR count). The Morgan fingerprint density at radius 3 is 2.67 bits per heavy atom. The molecule has 0 saturated carbocycles. The summed E-state index contributed by atoms with van der Waals surface area (Å²) in [6, 6.07) is 8.26. The summed E-state index contributed by atoms with van der Waals surface area (Å²) in [5.74, 6) is -2.46. The van der Waals surface area contributed by atoms with E-state index in [9.17, 15) is 14.7 Å². The van der Waals surface area contributed by atoms with Gasteiger partial charge in [-0.1, -0.05) is 23.7 Å². The van der Waals surface area contributed by atoms with E-state index in [2.05, 4.69) is 4.98 Å². The number of carbonyl (C=O) groups is 2. The Morgan fingerprint density at radius 2 is 2.05 bits per heavy atom. The number of aromatic nitrogens is 1. The Balaban J connectivity index is 2.27. The number of carboxylic acid groups (broad SMARTS) is 1. The average Bonchev–Trinajstić information content (AvgIpc) is 2.46. The molecule has 1 atom stereocenters. The highest BCUT2D eigenvalue weighted by Gasteiger charge is 2.15. The third-order valence-corrected chi connectivity index (χ3v) is 2.99. The molecule has 0 aliphatic heterocycles. The fraction of sp³-hybridized carbons (Fsp3) is 0.133. The van der Waals surface area contributed by atoms with Crippen LogP contribution in [0.3, 0.4) is 0 Å². The number of ketones is 1. The lowest BCUT2D eigenvalue weighted by Gasteiger charge is -2.06. The van der Waals surface area contributed by atoms with Gasteiger partial charge < -0.3 is 10.2 Å². The molecule has 0 fully saturated rings. The first kappa shape index (κ1) is 13.6. The summed E-state index contributed by atoms with van der Waals surface area (Å²) in [7, 11) is 0. The van der Waals surface area contributed by atoms with Crippen molar-refractivity contribution in [3.8, 4) is 16.9 Å². The summed E-state index contributed by atoms with van der Waals surface area (Å²) in [6.07, 6.45) is -0.744. The number of Topliss-reactive ketones (excluding diaryl/α,β-unsaturated/α-hetero) is 1. The Hall–Kier alpha value is -2.40. The number of rotatable bonds is 5. The van der Waals surface area contributed by atoms with Crippen LogP contribution < -0.4 is 0 Å². The van der Waals surface area contributed by atoms with Gasteiger partial charge in [-0.25, -0.2) is 4.98 Å². The van der Waals surface area contributed by atoms with Gasteiger partial charge in [-0.2, -0.15) is 0 Å². The maximum atomic E-state index is 11.9. The van der Waals surface area contributed by atoms with Gasteiger partial charge in [0.2, 0.25) is 0 Å². The average molecular weight is 307 g/mol. The number of nitrogens with zero attached hydrogens (tertiary/aromatic N) is 1. The summed E-state index contributed by atoms with van der Waals surface area (Å²) in [5.41, 5.74) is 1.04. The van der Waals surface area contributed by atoms with E-state index in [-0.39, 0.29) is 11.4 Å². The zero-order chi connectivity index (χ0) is 16.3. The summed E-state index contributed by atoms with van der Waals surface area (Å²) in [5, 5.41) is 19.1. The monoisotopic (exact) mass is 306 g/mol. The predicted octanol–water partition coefficient (Wildman–Crippen LogP) is 3.16. The third-order valence-electron chi connectivity index (χ3n) is 2.75. The maximum absolute atomic E-state index is 11.9. The van der Waals surface area contributed by atoms with Crippen molar-refractivity contribution < 1.29 is 21.2 Å². The number of aliphatic carboxylic acids is 1. The molecule has 1 aromatic heterocycles.